The molecule has 0 aliphatic carbocycles. The maximum Gasteiger partial charge on any atom is 0.212 e. The van der Waals surface area contributed by atoms with Crippen LogP contribution >= 0.6 is 0 Å². The van der Waals surface area contributed by atoms with E-state index in [2.05, 4.69) is 24.2 Å². The van der Waals surface area contributed by atoms with Gasteiger partial charge in [-0.3, -0.25) is 0 Å². The molecule has 3 nitrogen and oxygen atoms in total. The highest BCUT2D eigenvalue weighted by atomic mass is 16.5. The van der Waals surface area contributed by atoms with Crippen molar-refractivity contribution in [2.24, 2.45) is 0 Å². The normalized spacial score (nSPS) is 10.4. The van der Waals surface area contributed by atoms with Gasteiger partial charge in [0.15, 0.2) is 0 Å². The SMILES string of the molecule is CCOc1cc(-c2ccccc2)nn1CC. The van der Waals surface area contributed by atoms with Gasteiger partial charge in [-0.15, -0.1) is 0 Å². The molecule has 0 saturated heterocycles. The summed E-state index contributed by atoms with van der Waals surface area (Å²) < 4.78 is 7.41. The molecule has 0 fully saturated rings. The number of aryl methyl sites for hydroxylation is 1. The Morgan fingerprint density at radius 2 is 1.94 bits per heavy atom. The van der Waals surface area contributed by atoms with Gasteiger partial charge in [-0.05, 0) is 13.8 Å². The molecule has 0 bridgehead atoms. The number of nitrogens with zero attached hydrogens (tertiary/aromatic N) is 2. The lowest BCUT2D eigenvalue weighted by Crippen LogP contribution is -2.02. The summed E-state index contributed by atoms with van der Waals surface area (Å²) in [5, 5.41) is 4.51. The minimum Gasteiger partial charge on any atom is -0.478 e. The number of ether oxygens (including phenoxy) is 1. The first-order chi connectivity index (χ1) is 7.85. The van der Waals surface area contributed by atoms with Crippen molar-refractivity contribution < 1.29 is 4.74 Å². The molecule has 2 aromatic rings. The molecule has 0 unspecified atom stereocenters. The van der Waals surface area contributed by atoms with Crippen LogP contribution in [-0.4, -0.2) is 16.4 Å². The summed E-state index contributed by atoms with van der Waals surface area (Å²) in [7, 11) is 0. The molecule has 3 heteroatoms. The molecule has 16 heavy (non-hydrogen) atoms. The summed E-state index contributed by atoms with van der Waals surface area (Å²) in [6.45, 7) is 5.53. The van der Waals surface area contributed by atoms with Crippen molar-refractivity contribution in [1.29, 1.82) is 0 Å². The molecule has 1 aromatic heterocycles. The van der Waals surface area contributed by atoms with Gasteiger partial charge in [0, 0.05) is 18.2 Å². The van der Waals surface area contributed by atoms with Gasteiger partial charge in [0.1, 0.15) is 0 Å². The van der Waals surface area contributed by atoms with Gasteiger partial charge in [0.05, 0.1) is 12.3 Å². The van der Waals surface area contributed by atoms with Crippen LogP contribution in [0.3, 0.4) is 0 Å². The molecule has 1 heterocycles. The highest BCUT2D eigenvalue weighted by Gasteiger charge is 2.08. The third-order valence-corrected chi connectivity index (χ3v) is 2.40. The Balaban J connectivity index is 2.36. The van der Waals surface area contributed by atoms with Crippen LogP contribution in [0.5, 0.6) is 5.88 Å². The number of aromatic nitrogens is 2. The van der Waals surface area contributed by atoms with Crippen LogP contribution in [0.2, 0.25) is 0 Å². The van der Waals surface area contributed by atoms with Crippen molar-refractivity contribution in [3.05, 3.63) is 36.4 Å². The van der Waals surface area contributed by atoms with E-state index in [4.69, 9.17) is 4.74 Å². The van der Waals surface area contributed by atoms with E-state index < -0.39 is 0 Å². The van der Waals surface area contributed by atoms with Crippen LogP contribution in [0.25, 0.3) is 11.3 Å². The summed E-state index contributed by atoms with van der Waals surface area (Å²) in [4.78, 5) is 0. The second-order valence-corrected chi connectivity index (χ2v) is 3.48. The molecule has 0 aliphatic rings. The summed E-state index contributed by atoms with van der Waals surface area (Å²) >= 11 is 0. The van der Waals surface area contributed by atoms with Crippen molar-refractivity contribution in [3.63, 3.8) is 0 Å². The number of hydrogen-bond acceptors (Lipinski definition) is 2. The lowest BCUT2D eigenvalue weighted by molar-refractivity contribution is 0.303. The Kier molecular flexibility index (Phi) is 3.25. The highest BCUT2D eigenvalue weighted by molar-refractivity contribution is 5.59. The van der Waals surface area contributed by atoms with Crippen LogP contribution in [0.4, 0.5) is 0 Å². The van der Waals surface area contributed by atoms with Gasteiger partial charge in [-0.1, -0.05) is 30.3 Å². The Labute approximate surface area is 95.7 Å². The monoisotopic (exact) mass is 216 g/mol. The maximum atomic E-state index is 5.53. The Morgan fingerprint density at radius 1 is 1.19 bits per heavy atom. The minimum atomic E-state index is 0.667. The first kappa shape index (κ1) is 10.7. The Morgan fingerprint density at radius 3 is 2.56 bits per heavy atom. The minimum absolute atomic E-state index is 0.667. The third kappa shape index (κ3) is 2.08. The predicted octanol–water partition coefficient (Wildman–Crippen LogP) is 2.97. The molecular formula is C13H16N2O. The van der Waals surface area contributed by atoms with Gasteiger partial charge >= 0.3 is 0 Å². The second kappa shape index (κ2) is 4.84. The molecule has 1 aromatic carbocycles. The molecule has 0 aliphatic heterocycles. The van der Waals surface area contributed by atoms with E-state index in [-0.39, 0.29) is 0 Å². The van der Waals surface area contributed by atoms with Gasteiger partial charge in [-0.25, -0.2) is 4.68 Å². The highest BCUT2D eigenvalue weighted by Crippen LogP contribution is 2.22. The lowest BCUT2D eigenvalue weighted by atomic mass is 10.2. The third-order valence-electron chi connectivity index (χ3n) is 2.40. The van der Waals surface area contributed by atoms with E-state index in [0.29, 0.717) is 6.61 Å². The lowest BCUT2D eigenvalue weighted by Gasteiger charge is -2.03. The summed E-state index contributed by atoms with van der Waals surface area (Å²) in [6.07, 6.45) is 0. The van der Waals surface area contributed by atoms with Gasteiger partial charge < -0.3 is 4.74 Å². The van der Waals surface area contributed by atoms with E-state index in [1.54, 1.807) is 0 Å². The molecule has 0 radical (unpaired) electrons. The van der Waals surface area contributed by atoms with Crippen LogP contribution in [0.1, 0.15) is 13.8 Å². The summed E-state index contributed by atoms with van der Waals surface area (Å²) in [5.41, 5.74) is 2.08. The van der Waals surface area contributed by atoms with Crippen LogP contribution < -0.4 is 4.74 Å². The van der Waals surface area contributed by atoms with E-state index in [1.807, 2.05) is 35.9 Å². The summed E-state index contributed by atoms with van der Waals surface area (Å²) in [5.74, 6) is 0.837. The molecule has 0 spiro atoms. The zero-order chi connectivity index (χ0) is 11.4. The number of hydrogen-bond donors (Lipinski definition) is 0. The van der Waals surface area contributed by atoms with Crippen molar-refractivity contribution in [1.82, 2.24) is 9.78 Å². The van der Waals surface area contributed by atoms with E-state index >= 15 is 0 Å². The smallest absolute Gasteiger partial charge is 0.212 e. The Bertz CT molecular complexity index is 448. The fraction of sp³-hybridized carbons (Fsp3) is 0.308. The zero-order valence-electron chi connectivity index (χ0n) is 9.68. The molecule has 0 N–H and O–H groups in total. The molecule has 0 amide bonds. The predicted molar refractivity (Wildman–Crippen MR) is 64.5 cm³/mol. The van der Waals surface area contributed by atoms with Gasteiger partial charge in [-0.2, -0.15) is 5.10 Å². The van der Waals surface area contributed by atoms with Crippen molar-refractivity contribution >= 4 is 0 Å². The first-order valence-electron chi connectivity index (χ1n) is 5.61. The molecule has 0 saturated carbocycles. The average molecular weight is 216 g/mol. The quantitative estimate of drug-likeness (QED) is 0.785. The first-order valence-corrected chi connectivity index (χ1v) is 5.61. The molecular weight excluding hydrogens is 200 g/mol. The van der Waals surface area contributed by atoms with Gasteiger partial charge in [0.25, 0.3) is 0 Å². The fourth-order valence-corrected chi connectivity index (χ4v) is 1.64. The van der Waals surface area contributed by atoms with Crippen LogP contribution in [-0.2, 0) is 6.54 Å². The number of rotatable bonds is 4. The largest absolute Gasteiger partial charge is 0.478 e. The zero-order valence-corrected chi connectivity index (χ0v) is 9.68. The van der Waals surface area contributed by atoms with E-state index in [9.17, 15) is 0 Å². The maximum absolute atomic E-state index is 5.53. The van der Waals surface area contributed by atoms with Crippen molar-refractivity contribution in [3.8, 4) is 17.1 Å². The average Bonchev–Trinajstić information content (AvgIpc) is 2.74. The Hall–Kier alpha value is -1.77. The molecule has 2 rings (SSSR count). The summed E-state index contributed by atoms with van der Waals surface area (Å²) in [6, 6.07) is 12.1. The van der Waals surface area contributed by atoms with E-state index in [0.717, 1.165) is 23.7 Å². The second-order valence-electron chi connectivity index (χ2n) is 3.48. The van der Waals surface area contributed by atoms with Gasteiger partial charge in [0.2, 0.25) is 5.88 Å². The molecule has 84 valence electrons. The van der Waals surface area contributed by atoms with Crippen LogP contribution in [0.15, 0.2) is 36.4 Å². The van der Waals surface area contributed by atoms with Crippen molar-refractivity contribution in [2.75, 3.05) is 6.61 Å². The van der Waals surface area contributed by atoms with E-state index in [1.165, 1.54) is 0 Å². The molecule has 0 atom stereocenters. The van der Waals surface area contributed by atoms with Crippen molar-refractivity contribution in [2.45, 2.75) is 20.4 Å². The van der Waals surface area contributed by atoms with Crippen LogP contribution in [0, 0.1) is 0 Å². The standard InChI is InChI=1S/C13H16N2O/c1-3-15-13(16-4-2)10-12(14-15)11-8-6-5-7-9-11/h5-10H,3-4H2,1-2H3. The topological polar surface area (TPSA) is 27.1 Å². The number of benzene rings is 1. The fourth-order valence-electron chi connectivity index (χ4n) is 1.64.